The molecule has 0 atom stereocenters. The van der Waals surface area contributed by atoms with E-state index in [9.17, 15) is 4.79 Å². The molecule has 0 unspecified atom stereocenters. The molecule has 2 heteroatoms. The van der Waals surface area contributed by atoms with E-state index >= 15 is 0 Å². The standard InChI is InChI=1S/C14H20O2/c1-2-14(15)16-12-8-4-7-11-13-9-5-3-6-10-13/h3,5-6,9-10H,2,4,7-8,11-12H2,1H3. The van der Waals surface area contributed by atoms with Gasteiger partial charge in [-0.1, -0.05) is 37.3 Å². The molecular formula is C14H20O2. The molecule has 0 aromatic heterocycles. The smallest absolute Gasteiger partial charge is 0.305 e. The molecular weight excluding hydrogens is 200 g/mol. The second-order valence-corrected chi connectivity index (χ2v) is 3.87. The van der Waals surface area contributed by atoms with Gasteiger partial charge in [0.2, 0.25) is 0 Å². The summed E-state index contributed by atoms with van der Waals surface area (Å²) in [5.41, 5.74) is 1.38. The highest BCUT2D eigenvalue weighted by atomic mass is 16.5. The van der Waals surface area contributed by atoms with Crippen molar-refractivity contribution in [2.45, 2.75) is 39.0 Å². The zero-order chi connectivity index (χ0) is 11.6. The lowest BCUT2D eigenvalue weighted by atomic mass is 10.1. The summed E-state index contributed by atoms with van der Waals surface area (Å²) in [7, 11) is 0. The van der Waals surface area contributed by atoms with E-state index in [1.54, 1.807) is 0 Å². The number of rotatable bonds is 7. The monoisotopic (exact) mass is 220 g/mol. The van der Waals surface area contributed by atoms with Gasteiger partial charge in [-0.05, 0) is 31.2 Å². The summed E-state index contributed by atoms with van der Waals surface area (Å²) in [6.45, 7) is 2.39. The van der Waals surface area contributed by atoms with Crippen LogP contribution in [0.2, 0.25) is 0 Å². The van der Waals surface area contributed by atoms with E-state index < -0.39 is 0 Å². The average molecular weight is 220 g/mol. The minimum Gasteiger partial charge on any atom is -0.466 e. The number of esters is 1. The van der Waals surface area contributed by atoms with E-state index in [1.165, 1.54) is 5.56 Å². The molecule has 0 saturated carbocycles. The van der Waals surface area contributed by atoms with Gasteiger partial charge in [-0.3, -0.25) is 4.79 Å². The molecule has 0 aliphatic heterocycles. The van der Waals surface area contributed by atoms with Crippen molar-refractivity contribution in [1.82, 2.24) is 0 Å². The van der Waals surface area contributed by atoms with Crippen LogP contribution in [0.1, 0.15) is 38.2 Å². The zero-order valence-electron chi connectivity index (χ0n) is 9.95. The first-order valence-corrected chi connectivity index (χ1v) is 6.02. The summed E-state index contributed by atoms with van der Waals surface area (Å²) in [5, 5.41) is 0. The zero-order valence-corrected chi connectivity index (χ0v) is 9.95. The highest BCUT2D eigenvalue weighted by Gasteiger charge is 1.97. The Morgan fingerprint density at radius 1 is 1.12 bits per heavy atom. The van der Waals surface area contributed by atoms with E-state index in [2.05, 4.69) is 24.3 Å². The molecule has 16 heavy (non-hydrogen) atoms. The quantitative estimate of drug-likeness (QED) is 0.520. The molecule has 1 aromatic rings. The van der Waals surface area contributed by atoms with Crippen LogP contribution in [-0.2, 0) is 16.0 Å². The molecule has 0 saturated heterocycles. The number of ether oxygens (including phenoxy) is 1. The van der Waals surface area contributed by atoms with Crippen LogP contribution in [-0.4, -0.2) is 12.6 Å². The van der Waals surface area contributed by atoms with Crippen LogP contribution >= 0.6 is 0 Å². The van der Waals surface area contributed by atoms with Crippen LogP contribution in [0.15, 0.2) is 30.3 Å². The maximum absolute atomic E-state index is 10.8. The van der Waals surface area contributed by atoms with Crippen LogP contribution in [0.4, 0.5) is 0 Å². The number of aryl methyl sites for hydroxylation is 1. The van der Waals surface area contributed by atoms with Crippen molar-refractivity contribution in [3.05, 3.63) is 35.9 Å². The van der Waals surface area contributed by atoms with E-state index in [-0.39, 0.29) is 5.97 Å². The van der Waals surface area contributed by atoms with Gasteiger partial charge in [-0.25, -0.2) is 0 Å². The van der Waals surface area contributed by atoms with Gasteiger partial charge in [0, 0.05) is 6.42 Å². The fourth-order valence-corrected chi connectivity index (χ4v) is 1.54. The van der Waals surface area contributed by atoms with Gasteiger partial charge in [0.25, 0.3) is 0 Å². The molecule has 0 radical (unpaired) electrons. The fourth-order valence-electron chi connectivity index (χ4n) is 1.54. The molecule has 2 nitrogen and oxygen atoms in total. The van der Waals surface area contributed by atoms with Crippen molar-refractivity contribution in [3.63, 3.8) is 0 Å². The van der Waals surface area contributed by atoms with Gasteiger partial charge >= 0.3 is 5.97 Å². The Kier molecular flexibility index (Phi) is 6.31. The Morgan fingerprint density at radius 3 is 2.56 bits per heavy atom. The third-order valence-electron chi connectivity index (χ3n) is 2.50. The van der Waals surface area contributed by atoms with Gasteiger partial charge in [-0.2, -0.15) is 0 Å². The molecule has 1 rings (SSSR count). The summed E-state index contributed by atoms with van der Waals surface area (Å²) in [6, 6.07) is 10.5. The lowest BCUT2D eigenvalue weighted by Crippen LogP contribution is -2.03. The van der Waals surface area contributed by atoms with Crippen molar-refractivity contribution >= 4 is 5.97 Å². The highest BCUT2D eigenvalue weighted by Crippen LogP contribution is 2.06. The maximum Gasteiger partial charge on any atom is 0.305 e. The van der Waals surface area contributed by atoms with Gasteiger partial charge in [0.05, 0.1) is 6.61 Å². The molecule has 0 heterocycles. The van der Waals surface area contributed by atoms with Crippen molar-refractivity contribution in [2.75, 3.05) is 6.61 Å². The Balaban J connectivity index is 1.98. The Labute approximate surface area is 97.6 Å². The van der Waals surface area contributed by atoms with Crippen LogP contribution in [0, 0.1) is 0 Å². The molecule has 1 aromatic carbocycles. The molecule has 0 aliphatic rings. The van der Waals surface area contributed by atoms with Crippen LogP contribution < -0.4 is 0 Å². The summed E-state index contributed by atoms with van der Waals surface area (Å²) < 4.78 is 5.00. The Morgan fingerprint density at radius 2 is 1.88 bits per heavy atom. The lowest BCUT2D eigenvalue weighted by Gasteiger charge is -2.03. The van der Waals surface area contributed by atoms with Gasteiger partial charge < -0.3 is 4.74 Å². The molecule has 0 fully saturated rings. The van der Waals surface area contributed by atoms with Crippen molar-refractivity contribution in [3.8, 4) is 0 Å². The minimum atomic E-state index is -0.0944. The summed E-state index contributed by atoms with van der Waals surface area (Å²) in [6.07, 6.45) is 4.84. The predicted molar refractivity (Wildman–Crippen MR) is 65.2 cm³/mol. The van der Waals surface area contributed by atoms with Gasteiger partial charge in [-0.15, -0.1) is 0 Å². The Bertz CT molecular complexity index is 293. The third-order valence-corrected chi connectivity index (χ3v) is 2.50. The first-order valence-electron chi connectivity index (χ1n) is 6.02. The molecule has 0 amide bonds. The first kappa shape index (κ1) is 12.8. The van der Waals surface area contributed by atoms with Crippen LogP contribution in [0.25, 0.3) is 0 Å². The number of benzene rings is 1. The number of hydrogen-bond donors (Lipinski definition) is 0. The Hall–Kier alpha value is -1.31. The van der Waals surface area contributed by atoms with E-state index in [0.717, 1.165) is 25.7 Å². The van der Waals surface area contributed by atoms with Gasteiger partial charge in [0.1, 0.15) is 0 Å². The molecule has 0 aliphatic carbocycles. The third kappa shape index (κ3) is 5.54. The second-order valence-electron chi connectivity index (χ2n) is 3.87. The topological polar surface area (TPSA) is 26.3 Å². The van der Waals surface area contributed by atoms with Crippen LogP contribution in [0.5, 0.6) is 0 Å². The highest BCUT2D eigenvalue weighted by molar-refractivity contribution is 5.68. The minimum absolute atomic E-state index is 0.0944. The average Bonchev–Trinajstić information content (AvgIpc) is 2.34. The number of hydrogen-bond acceptors (Lipinski definition) is 2. The summed E-state index contributed by atoms with van der Waals surface area (Å²) >= 11 is 0. The number of carbonyl (C=O) groups is 1. The molecule has 88 valence electrons. The number of unbranched alkanes of at least 4 members (excludes halogenated alkanes) is 2. The predicted octanol–water partition coefficient (Wildman–Crippen LogP) is 3.35. The van der Waals surface area contributed by atoms with Crippen molar-refractivity contribution in [1.29, 1.82) is 0 Å². The fraction of sp³-hybridized carbons (Fsp3) is 0.500. The normalized spacial score (nSPS) is 10.1. The van der Waals surface area contributed by atoms with E-state index in [0.29, 0.717) is 13.0 Å². The van der Waals surface area contributed by atoms with E-state index in [1.807, 2.05) is 13.0 Å². The summed E-state index contributed by atoms with van der Waals surface area (Å²) in [5.74, 6) is -0.0944. The first-order chi connectivity index (χ1) is 7.83. The molecule has 0 spiro atoms. The van der Waals surface area contributed by atoms with Crippen molar-refractivity contribution < 1.29 is 9.53 Å². The lowest BCUT2D eigenvalue weighted by molar-refractivity contribution is -0.143. The SMILES string of the molecule is CCC(=O)OCCCCCc1ccccc1. The van der Waals surface area contributed by atoms with E-state index in [4.69, 9.17) is 4.74 Å². The second kappa shape index (κ2) is 7.91. The van der Waals surface area contributed by atoms with Gasteiger partial charge in [0.15, 0.2) is 0 Å². The van der Waals surface area contributed by atoms with Crippen LogP contribution in [0.3, 0.4) is 0 Å². The summed E-state index contributed by atoms with van der Waals surface area (Å²) in [4.78, 5) is 10.8. The largest absolute Gasteiger partial charge is 0.466 e. The number of carbonyl (C=O) groups excluding carboxylic acids is 1. The van der Waals surface area contributed by atoms with Crippen molar-refractivity contribution in [2.24, 2.45) is 0 Å². The molecule has 0 N–H and O–H groups in total. The molecule has 0 bridgehead atoms. The maximum atomic E-state index is 10.8.